The van der Waals surface area contributed by atoms with Crippen LogP contribution in [0.2, 0.25) is 5.02 Å². The highest BCUT2D eigenvalue weighted by Crippen LogP contribution is 2.22. The smallest absolute Gasteiger partial charge is 0.225 e. The molecule has 0 aliphatic carbocycles. The number of carbonyl (C=O) groups excluding carboxylic acids is 2. The van der Waals surface area contributed by atoms with E-state index in [4.69, 9.17) is 16.3 Å². The Morgan fingerprint density at radius 3 is 2.93 bits per heavy atom. The Hall–Kier alpha value is -2.29. The number of nitrogens with one attached hydrogen (secondary N) is 3. The molecule has 2 aromatic rings. The Labute approximate surface area is 177 Å². The second kappa shape index (κ2) is 9.96. The van der Waals surface area contributed by atoms with Crippen molar-refractivity contribution in [1.82, 2.24) is 10.6 Å². The molecule has 1 saturated heterocycles. The van der Waals surface area contributed by atoms with E-state index in [2.05, 4.69) is 16.0 Å². The lowest BCUT2D eigenvalue weighted by molar-refractivity contribution is -0.124. The van der Waals surface area contributed by atoms with Gasteiger partial charge in [-0.2, -0.15) is 0 Å². The topological polar surface area (TPSA) is 79.5 Å². The zero-order chi connectivity index (χ0) is 20.8. The molecule has 2 amide bonds. The summed E-state index contributed by atoms with van der Waals surface area (Å²) in [6.07, 6.45) is 0.312. The Bertz CT molecular complexity index is 899. The van der Waals surface area contributed by atoms with Gasteiger partial charge in [-0.3, -0.25) is 14.9 Å². The molecular weight excluding hydrogens is 417 g/mol. The number of benzene rings is 2. The van der Waals surface area contributed by atoms with Crippen LogP contribution in [0.3, 0.4) is 0 Å². The van der Waals surface area contributed by atoms with Crippen LogP contribution in [0.25, 0.3) is 0 Å². The summed E-state index contributed by atoms with van der Waals surface area (Å²) in [4.78, 5) is 24.3. The summed E-state index contributed by atoms with van der Waals surface area (Å²) in [6.45, 7) is 0. The Morgan fingerprint density at radius 1 is 1.34 bits per heavy atom. The fraction of sp³-hybridized carbons (Fsp3) is 0.300. The minimum atomic E-state index is -0.550. The first-order chi connectivity index (χ1) is 13.9. The van der Waals surface area contributed by atoms with Crippen LogP contribution >= 0.6 is 23.4 Å². The number of halogens is 2. The molecule has 29 heavy (non-hydrogen) atoms. The second-order valence-electron chi connectivity index (χ2n) is 6.56. The SMILES string of the molecule is COc1cccc(CSC2NC(=O)CC(CC(=O)Nc3ccc(F)c(Cl)c3)N2)c1. The molecule has 2 unspecified atom stereocenters. The number of methoxy groups -OCH3 is 1. The first kappa shape index (κ1) is 21.4. The summed E-state index contributed by atoms with van der Waals surface area (Å²) in [6, 6.07) is 11.4. The molecule has 154 valence electrons. The van der Waals surface area contributed by atoms with Crippen molar-refractivity contribution >= 4 is 40.9 Å². The summed E-state index contributed by atoms with van der Waals surface area (Å²) >= 11 is 7.25. The van der Waals surface area contributed by atoms with Crippen LogP contribution < -0.4 is 20.7 Å². The first-order valence-electron chi connectivity index (χ1n) is 8.98. The van der Waals surface area contributed by atoms with Gasteiger partial charge in [0.2, 0.25) is 11.8 Å². The highest BCUT2D eigenvalue weighted by Gasteiger charge is 2.27. The van der Waals surface area contributed by atoms with E-state index in [0.29, 0.717) is 11.4 Å². The van der Waals surface area contributed by atoms with Gasteiger partial charge in [0.1, 0.15) is 17.1 Å². The predicted octanol–water partition coefficient (Wildman–Crippen LogP) is 3.51. The average Bonchev–Trinajstić information content (AvgIpc) is 2.69. The van der Waals surface area contributed by atoms with E-state index >= 15 is 0 Å². The number of ether oxygens (including phenoxy) is 1. The number of hydrogen-bond donors (Lipinski definition) is 3. The van der Waals surface area contributed by atoms with Gasteiger partial charge < -0.3 is 15.4 Å². The molecule has 1 heterocycles. The molecule has 0 saturated carbocycles. The maximum Gasteiger partial charge on any atom is 0.225 e. The molecule has 0 aromatic heterocycles. The van der Waals surface area contributed by atoms with E-state index < -0.39 is 5.82 Å². The van der Waals surface area contributed by atoms with Gasteiger partial charge in [0.15, 0.2) is 0 Å². The first-order valence-corrected chi connectivity index (χ1v) is 10.4. The maximum atomic E-state index is 13.2. The fourth-order valence-electron chi connectivity index (χ4n) is 2.92. The molecule has 2 aromatic carbocycles. The van der Waals surface area contributed by atoms with Gasteiger partial charge in [0.05, 0.1) is 12.1 Å². The summed E-state index contributed by atoms with van der Waals surface area (Å²) in [7, 11) is 1.62. The van der Waals surface area contributed by atoms with Crippen LogP contribution in [-0.4, -0.2) is 30.5 Å². The minimum absolute atomic E-state index is 0.0630. The standard InChI is InChI=1S/C20H21ClFN3O3S/c1-28-15-4-2-3-12(7-15)11-29-20-24-14(10-19(27)25-20)9-18(26)23-13-5-6-17(22)16(21)8-13/h2-8,14,20,24H,9-11H2,1H3,(H,23,26)(H,25,27). The molecule has 1 aliphatic rings. The molecular formula is C20H21ClFN3O3S. The van der Waals surface area contributed by atoms with Crippen LogP contribution in [0, 0.1) is 5.82 Å². The highest BCUT2D eigenvalue weighted by molar-refractivity contribution is 7.99. The number of anilines is 1. The van der Waals surface area contributed by atoms with Crippen molar-refractivity contribution < 1.29 is 18.7 Å². The van der Waals surface area contributed by atoms with Crippen LogP contribution in [-0.2, 0) is 15.3 Å². The molecule has 0 radical (unpaired) electrons. The average molecular weight is 438 g/mol. The largest absolute Gasteiger partial charge is 0.497 e. The molecule has 3 N–H and O–H groups in total. The van der Waals surface area contributed by atoms with Crippen molar-refractivity contribution in [1.29, 1.82) is 0 Å². The van der Waals surface area contributed by atoms with E-state index in [0.717, 1.165) is 11.3 Å². The second-order valence-corrected chi connectivity index (χ2v) is 8.06. The number of thioether (sulfide) groups is 1. The van der Waals surface area contributed by atoms with E-state index in [-0.39, 0.29) is 41.2 Å². The monoisotopic (exact) mass is 437 g/mol. The van der Waals surface area contributed by atoms with Gasteiger partial charge in [0.25, 0.3) is 0 Å². The van der Waals surface area contributed by atoms with Gasteiger partial charge in [-0.25, -0.2) is 4.39 Å². The zero-order valence-electron chi connectivity index (χ0n) is 15.7. The third kappa shape index (κ3) is 6.35. The molecule has 0 bridgehead atoms. The molecule has 9 heteroatoms. The number of rotatable bonds is 7. The van der Waals surface area contributed by atoms with E-state index in [1.807, 2.05) is 24.3 Å². The van der Waals surface area contributed by atoms with Gasteiger partial charge in [-0.1, -0.05) is 23.7 Å². The molecule has 1 fully saturated rings. The van der Waals surface area contributed by atoms with Crippen molar-refractivity contribution in [3.8, 4) is 5.75 Å². The van der Waals surface area contributed by atoms with Crippen LogP contribution in [0.5, 0.6) is 5.75 Å². The number of amides is 2. The van der Waals surface area contributed by atoms with Crippen molar-refractivity contribution in [2.75, 3.05) is 12.4 Å². The minimum Gasteiger partial charge on any atom is -0.497 e. The van der Waals surface area contributed by atoms with Crippen molar-refractivity contribution in [3.05, 3.63) is 58.9 Å². The van der Waals surface area contributed by atoms with Crippen LogP contribution in [0.15, 0.2) is 42.5 Å². The summed E-state index contributed by atoms with van der Waals surface area (Å²) in [5, 5.41) is 8.76. The Balaban J connectivity index is 1.52. The van der Waals surface area contributed by atoms with Gasteiger partial charge >= 0.3 is 0 Å². The lowest BCUT2D eigenvalue weighted by Gasteiger charge is -2.31. The molecule has 1 aliphatic heterocycles. The molecule has 3 rings (SSSR count). The highest BCUT2D eigenvalue weighted by atomic mass is 35.5. The Morgan fingerprint density at radius 2 is 2.17 bits per heavy atom. The molecule has 6 nitrogen and oxygen atoms in total. The quantitative estimate of drug-likeness (QED) is 0.617. The van der Waals surface area contributed by atoms with Crippen LogP contribution in [0.4, 0.5) is 10.1 Å². The van der Waals surface area contributed by atoms with E-state index in [1.165, 1.54) is 30.0 Å². The lowest BCUT2D eigenvalue weighted by atomic mass is 10.1. The maximum absolute atomic E-state index is 13.2. The number of hydrogen-bond acceptors (Lipinski definition) is 5. The van der Waals surface area contributed by atoms with Gasteiger partial charge in [-0.05, 0) is 35.9 Å². The fourth-order valence-corrected chi connectivity index (χ4v) is 4.14. The summed E-state index contributed by atoms with van der Waals surface area (Å²) < 4.78 is 18.4. The van der Waals surface area contributed by atoms with Crippen LogP contribution in [0.1, 0.15) is 18.4 Å². The van der Waals surface area contributed by atoms with Crippen molar-refractivity contribution in [2.45, 2.75) is 30.1 Å². The van der Waals surface area contributed by atoms with Crippen molar-refractivity contribution in [2.24, 2.45) is 0 Å². The lowest BCUT2D eigenvalue weighted by Crippen LogP contribution is -2.55. The Kier molecular flexibility index (Phi) is 7.35. The van der Waals surface area contributed by atoms with E-state index in [1.54, 1.807) is 7.11 Å². The number of carbonyl (C=O) groups is 2. The summed E-state index contributed by atoms with van der Waals surface area (Å²) in [5.41, 5.74) is 1.17. The summed E-state index contributed by atoms with van der Waals surface area (Å²) in [5.74, 6) is 0.499. The van der Waals surface area contributed by atoms with Gasteiger partial charge in [0, 0.05) is 30.3 Å². The van der Waals surface area contributed by atoms with Crippen molar-refractivity contribution in [3.63, 3.8) is 0 Å². The third-order valence-corrected chi connectivity index (χ3v) is 5.67. The molecule has 2 atom stereocenters. The third-order valence-electron chi connectivity index (χ3n) is 4.30. The zero-order valence-corrected chi connectivity index (χ0v) is 17.3. The van der Waals surface area contributed by atoms with E-state index in [9.17, 15) is 14.0 Å². The molecule has 0 spiro atoms. The predicted molar refractivity (Wildman–Crippen MR) is 112 cm³/mol. The normalized spacial score (nSPS) is 18.8. The van der Waals surface area contributed by atoms with Gasteiger partial charge in [-0.15, -0.1) is 11.8 Å².